The Bertz CT molecular complexity index is 652. The highest BCUT2D eigenvalue weighted by Gasteiger charge is 2.12. The monoisotopic (exact) mass is 256 g/mol. The number of imidazole rings is 1. The van der Waals surface area contributed by atoms with E-state index in [2.05, 4.69) is 10.1 Å². The van der Waals surface area contributed by atoms with E-state index in [0.29, 0.717) is 12.1 Å². The van der Waals surface area contributed by atoms with Crippen LogP contribution in [0.5, 0.6) is 0 Å². The van der Waals surface area contributed by atoms with Gasteiger partial charge in [-0.3, -0.25) is 4.68 Å². The Morgan fingerprint density at radius 3 is 2.95 bits per heavy atom. The van der Waals surface area contributed by atoms with E-state index in [1.54, 1.807) is 6.20 Å². The first-order valence-corrected chi connectivity index (χ1v) is 6.32. The molecule has 0 fully saturated rings. The fourth-order valence-corrected chi connectivity index (χ4v) is 2.19. The van der Waals surface area contributed by atoms with Crippen molar-refractivity contribution >= 4 is 5.65 Å². The molecule has 0 saturated carbocycles. The summed E-state index contributed by atoms with van der Waals surface area (Å²) < 4.78 is 3.75. The molecule has 3 aromatic rings. The molecule has 0 saturated heterocycles. The van der Waals surface area contributed by atoms with Crippen molar-refractivity contribution in [3.05, 3.63) is 54.2 Å². The van der Waals surface area contributed by atoms with Crippen molar-refractivity contribution in [1.82, 2.24) is 19.2 Å². The zero-order valence-corrected chi connectivity index (χ0v) is 10.8. The van der Waals surface area contributed by atoms with Gasteiger partial charge in [-0.15, -0.1) is 0 Å². The minimum absolute atomic E-state index is 0.546. The second-order valence-corrected chi connectivity index (χ2v) is 4.63. The second-order valence-electron chi connectivity index (χ2n) is 4.63. The first kappa shape index (κ1) is 11.9. The van der Waals surface area contributed by atoms with E-state index < -0.39 is 6.10 Å². The van der Waals surface area contributed by atoms with E-state index in [1.165, 1.54) is 0 Å². The number of rotatable bonds is 4. The molecule has 0 aliphatic rings. The summed E-state index contributed by atoms with van der Waals surface area (Å²) in [5, 5.41) is 14.3. The van der Waals surface area contributed by atoms with Gasteiger partial charge < -0.3 is 9.51 Å². The fourth-order valence-electron chi connectivity index (χ4n) is 2.19. The summed E-state index contributed by atoms with van der Waals surface area (Å²) in [5.41, 5.74) is 2.69. The quantitative estimate of drug-likeness (QED) is 0.773. The van der Waals surface area contributed by atoms with Gasteiger partial charge in [-0.25, -0.2) is 4.98 Å². The van der Waals surface area contributed by atoms with E-state index in [4.69, 9.17) is 0 Å². The van der Waals surface area contributed by atoms with Crippen LogP contribution in [0.2, 0.25) is 0 Å². The molecular formula is C14H16N4O. The Morgan fingerprint density at radius 2 is 2.21 bits per heavy atom. The summed E-state index contributed by atoms with van der Waals surface area (Å²) in [6, 6.07) is 7.78. The Balaban J connectivity index is 1.73. The third-order valence-corrected chi connectivity index (χ3v) is 3.32. The van der Waals surface area contributed by atoms with Crippen molar-refractivity contribution in [1.29, 1.82) is 0 Å². The Hall–Kier alpha value is -2.14. The van der Waals surface area contributed by atoms with Crippen LogP contribution in [-0.4, -0.2) is 24.3 Å². The number of hydrogen-bond acceptors (Lipinski definition) is 3. The number of hydrogen-bond donors (Lipinski definition) is 1. The number of aliphatic hydroxyl groups is 1. The van der Waals surface area contributed by atoms with E-state index in [0.717, 1.165) is 17.8 Å². The van der Waals surface area contributed by atoms with Crippen LogP contribution in [0.15, 0.2) is 42.9 Å². The number of aryl methyl sites for hydroxylation is 2. The van der Waals surface area contributed by atoms with Crippen molar-refractivity contribution in [3.8, 4) is 0 Å². The number of aromatic nitrogens is 4. The zero-order valence-electron chi connectivity index (χ0n) is 10.8. The van der Waals surface area contributed by atoms with E-state index >= 15 is 0 Å². The predicted molar refractivity (Wildman–Crippen MR) is 71.7 cm³/mol. The molecule has 19 heavy (non-hydrogen) atoms. The molecule has 98 valence electrons. The van der Waals surface area contributed by atoms with Crippen LogP contribution in [0.1, 0.15) is 23.9 Å². The van der Waals surface area contributed by atoms with Gasteiger partial charge in [0.1, 0.15) is 5.65 Å². The summed E-state index contributed by atoms with van der Waals surface area (Å²) in [6.45, 7) is 0. The number of aliphatic hydroxyl groups excluding tert-OH is 1. The van der Waals surface area contributed by atoms with E-state index in [1.807, 2.05) is 52.8 Å². The van der Waals surface area contributed by atoms with Crippen LogP contribution in [0.25, 0.3) is 5.65 Å². The first-order chi connectivity index (χ1) is 9.24. The summed E-state index contributed by atoms with van der Waals surface area (Å²) in [7, 11) is 1.91. The molecule has 3 heterocycles. The average molecular weight is 256 g/mol. The van der Waals surface area contributed by atoms with Gasteiger partial charge in [0, 0.05) is 31.3 Å². The maximum Gasteiger partial charge on any atom is 0.137 e. The zero-order chi connectivity index (χ0) is 13.2. The molecule has 0 radical (unpaired) electrons. The van der Waals surface area contributed by atoms with Gasteiger partial charge in [0.25, 0.3) is 0 Å². The maximum atomic E-state index is 10.2. The van der Waals surface area contributed by atoms with Crippen LogP contribution in [0.4, 0.5) is 0 Å². The lowest BCUT2D eigenvalue weighted by Gasteiger charge is -2.07. The van der Waals surface area contributed by atoms with Crippen LogP contribution in [0.3, 0.4) is 0 Å². The van der Waals surface area contributed by atoms with Gasteiger partial charge in [0.05, 0.1) is 11.8 Å². The second kappa shape index (κ2) is 4.85. The van der Waals surface area contributed by atoms with E-state index in [9.17, 15) is 5.11 Å². The van der Waals surface area contributed by atoms with Gasteiger partial charge in [-0.2, -0.15) is 5.10 Å². The highest BCUT2D eigenvalue weighted by molar-refractivity contribution is 5.39. The van der Waals surface area contributed by atoms with Crippen LogP contribution in [-0.2, 0) is 13.5 Å². The Kier molecular flexibility index (Phi) is 3.05. The lowest BCUT2D eigenvalue weighted by molar-refractivity contribution is 0.163. The van der Waals surface area contributed by atoms with Crippen molar-refractivity contribution < 1.29 is 5.11 Å². The minimum Gasteiger partial charge on any atom is -0.387 e. The van der Waals surface area contributed by atoms with Crippen molar-refractivity contribution in [2.45, 2.75) is 18.9 Å². The Labute approximate surface area is 111 Å². The smallest absolute Gasteiger partial charge is 0.137 e. The topological polar surface area (TPSA) is 55.3 Å². The molecule has 3 rings (SSSR count). The number of nitrogens with zero attached hydrogens (tertiary/aromatic N) is 4. The Morgan fingerprint density at radius 1 is 1.32 bits per heavy atom. The van der Waals surface area contributed by atoms with Crippen molar-refractivity contribution in [2.75, 3.05) is 0 Å². The highest BCUT2D eigenvalue weighted by Crippen LogP contribution is 2.18. The molecule has 1 unspecified atom stereocenters. The molecule has 0 aliphatic heterocycles. The van der Waals surface area contributed by atoms with Gasteiger partial charge in [-0.05, 0) is 31.0 Å². The van der Waals surface area contributed by atoms with Crippen molar-refractivity contribution in [2.24, 2.45) is 7.05 Å². The minimum atomic E-state index is -0.546. The molecule has 0 spiro atoms. The largest absolute Gasteiger partial charge is 0.387 e. The van der Waals surface area contributed by atoms with Gasteiger partial charge in [0.2, 0.25) is 0 Å². The molecule has 0 aromatic carbocycles. The highest BCUT2D eigenvalue weighted by atomic mass is 16.3. The SMILES string of the molecule is Cn1nccc1CCC(O)c1cn2ccccc2n1. The molecule has 5 nitrogen and oxygen atoms in total. The van der Waals surface area contributed by atoms with Gasteiger partial charge in [0.15, 0.2) is 0 Å². The fraction of sp³-hybridized carbons (Fsp3) is 0.286. The molecule has 0 bridgehead atoms. The average Bonchev–Trinajstić information content (AvgIpc) is 3.01. The normalized spacial score (nSPS) is 12.9. The predicted octanol–water partition coefficient (Wildman–Crippen LogP) is 1.73. The first-order valence-electron chi connectivity index (χ1n) is 6.32. The lowest BCUT2D eigenvalue weighted by Crippen LogP contribution is -2.03. The third-order valence-electron chi connectivity index (χ3n) is 3.32. The van der Waals surface area contributed by atoms with Gasteiger partial charge in [-0.1, -0.05) is 6.07 Å². The standard InChI is InChI=1S/C14H16N4O/c1-17-11(7-8-15-17)5-6-13(19)12-10-18-9-3-2-4-14(18)16-12/h2-4,7-10,13,19H,5-6H2,1H3. The third kappa shape index (κ3) is 2.37. The van der Waals surface area contributed by atoms with Crippen LogP contribution < -0.4 is 0 Å². The number of pyridine rings is 1. The number of fused-ring (bicyclic) bond motifs is 1. The van der Waals surface area contributed by atoms with Crippen LogP contribution >= 0.6 is 0 Å². The van der Waals surface area contributed by atoms with E-state index in [-0.39, 0.29) is 0 Å². The molecule has 0 aliphatic carbocycles. The molecule has 0 amide bonds. The molecule has 1 N–H and O–H groups in total. The lowest BCUT2D eigenvalue weighted by atomic mass is 10.1. The molecule has 5 heteroatoms. The molecule has 3 aromatic heterocycles. The van der Waals surface area contributed by atoms with Crippen molar-refractivity contribution in [3.63, 3.8) is 0 Å². The summed E-state index contributed by atoms with van der Waals surface area (Å²) >= 11 is 0. The summed E-state index contributed by atoms with van der Waals surface area (Å²) in [4.78, 5) is 4.43. The summed E-state index contributed by atoms with van der Waals surface area (Å²) in [6.07, 6.45) is 6.46. The maximum absolute atomic E-state index is 10.2. The summed E-state index contributed by atoms with van der Waals surface area (Å²) in [5.74, 6) is 0. The van der Waals surface area contributed by atoms with Gasteiger partial charge >= 0.3 is 0 Å². The molecular weight excluding hydrogens is 240 g/mol. The van der Waals surface area contributed by atoms with Crippen LogP contribution in [0, 0.1) is 0 Å². The molecule has 1 atom stereocenters.